The second kappa shape index (κ2) is 5.19. The maximum atomic E-state index is 5.30. The van der Waals surface area contributed by atoms with Crippen molar-refractivity contribution in [1.29, 1.82) is 0 Å². The van der Waals surface area contributed by atoms with Crippen LogP contribution < -0.4 is 4.74 Å². The number of benzene rings is 2. The van der Waals surface area contributed by atoms with E-state index in [1.54, 1.807) is 11.3 Å². The average Bonchev–Trinajstić information content (AvgIpc) is 3.08. The van der Waals surface area contributed by atoms with Gasteiger partial charge >= 0.3 is 0 Å². The zero-order valence-corrected chi connectivity index (χ0v) is 10.7. The second-order valence-electron chi connectivity index (χ2n) is 4.03. The summed E-state index contributed by atoms with van der Waals surface area (Å²) in [7, 11) is 0. The highest BCUT2D eigenvalue weighted by Crippen LogP contribution is 2.23. The second-order valence-corrected chi connectivity index (χ2v) is 4.91. The van der Waals surface area contributed by atoms with Gasteiger partial charge in [-0.15, -0.1) is 11.3 Å². The van der Waals surface area contributed by atoms with E-state index in [4.69, 9.17) is 4.74 Å². The topological polar surface area (TPSA) is 22.1 Å². The fourth-order valence-corrected chi connectivity index (χ4v) is 2.60. The van der Waals surface area contributed by atoms with Gasteiger partial charge in [0.15, 0.2) is 0 Å². The predicted octanol–water partition coefficient (Wildman–Crippen LogP) is 3.92. The van der Waals surface area contributed by atoms with E-state index in [1.807, 2.05) is 41.9 Å². The van der Waals surface area contributed by atoms with Crippen molar-refractivity contribution in [3.8, 4) is 5.75 Å². The smallest absolute Gasteiger partial charge is 0.122 e. The molecule has 0 atom stereocenters. The first-order chi connectivity index (χ1) is 8.93. The maximum Gasteiger partial charge on any atom is 0.122 e. The van der Waals surface area contributed by atoms with Crippen molar-refractivity contribution in [3.63, 3.8) is 0 Å². The molecule has 0 N–H and O–H groups in total. The van der Waals surface area contributed by atoms with Crippen molar-refractivity contribution >= 4 is 21.6 Å². The third-order valence-electron chi connectivity index (χ3n) is 2.84. The number of hydrogen-bond acceptors (Lipinski definition) is 3. The summed E-state index contributed by atoms with van der Waals surface area (Å²) in [6.45, 7) is 0.860. The Balaban J connectivity index is 0.000000111. The maximum absolute atomic E-state index is 5.30. The molecule has 0 fully saturated rings. The molecule has 0 saturated heterocycles. The molecule has 90 valence electrons. The first-order valence-corrected chi connectivity index (χ1v) is 6.80. The van der Waals surface area contributed by atoms with E-state index in [9.17, 15) is 0 Å². The SMILES string of the molecule is c1ccc2c(c1)CCO2.c1ccc2scnc2c1. The molecule has 1 aliphatic heterocycles. The van der Waals surface area contributed by atoms with Crippen LogP contribution >= 0.6 is 11.3 Å². The Hall–Kier alpha value is -1.87. The highest BCUT2D eigenvalue weighted by molar-refractivity contribution is 7.16. The molecule has 1 aromatic heterocycles. The molecule has 0 spiro atoms. The van der Waals surface area contributed by atoms with Crippen LogP contribution in [0.2, 0.25) is 0 Å². The first-order valence-electron chi connectivity index (χ1n) is 5.92. The van der Waals surface area contributed by atoms with Gasteiger partial charge in [0.25, 0.3) is 0 Å². The molecule has 3 heteroatoms. The molecule has 0 aliphatic carbocycles. The Morgan fingerprint density at radius 1 is 1.00 bits per heavy atom. The molecular formula is C15H13NOS. The highest BCUT2D eigenvalue weighted by Gasteiger charge is 2.08. The van der Waals surface area contributed by atoms with E-state index >= 15 is 0 Å². The van der Waals surface area contributed by atoms with Gasteiger partial charge < -0.3 is 4.74 Å². The number of fused-ring (bicyclic) bond motifs is 2. The lowest BCUT2D eigenvalue weighted by Gasteiger charge is -1.93. The molecule has 0 saturated carbocycles. The minimum absolute atomic E-state index is 0.860. The fourth-order valence-electron chi connectivity index (χ4n) is 1.93. The molecule has 4 rings (SSSR count). The van der Waals surface area contributed by atoms with E-state index in [1.165, 1.54) is 10.3 Å². The molecule has 1 aliphatic rings. The minimum atomic E-state index is 0.860. The van der Waals surface area contributed by atoms with Gasteiger partial charge in [-0.3, -0.25) is 0 Å². The largest absolute Gasteiger partial charge is 0.493 e. The van der Waals surface area contributed by atoms with Crippen LogP contribution in [-0.2, 0) is 6.42 Å². The van der Waals surface area contributed by atoms with Gasteiger partial charge in [-0.2, -0.15) is 0 Å². The first kappa shape index (κ1) is 11.2. The summed E-state index contributed by atoms with van der Waals surface area (Å²) in [5, 5.41) is 0. The van der Waals surface area contributed by atoms with Gasteiger partial charge in [0.05, 0.1) is 22.3 Å². The fraction of sp³-hybridized carbons (Fsp3) is 0.133. The molecule has 2 aromatic carbocycles. The van der Waals surface area contributed by atoms with Crippen molar-refractivity contribution in [3.05, 3.63) is 59.6 Å². The summed E-state index contributed by atoms with van der Waals surface area (Å²) in [5.74, 6) is 1.07. The Labute approximate surface area is 110 Å². The summed E-state index contributed by atoms with van der Waals surface area (Å²) >= 11 is 1.68. The van der Waals surface area contributed by atoms with Crippen LogP contribution in [0.25, 0.3) is 10.2 Å². The van der Waals surface area contributed by atoms with Gasteiger partial charge in [0.2, 0.25) is 0 Å². The summed E-state index contributed by atoms with van der Waals surface area (Å²) in [6.07, 6.45) is 1.08. The number of rotatable bonds is 0. The van der Waals surface area contributed by atoms with E-state index in [0.717, 1.165) is 24.3 Å². The standard InChI is InChI=1S/C8H8O.C7H5NS/c1-2-4-8-7(3-1)5-6-9-8;1-2-4-7-6(3-1)8-5-9-7/h1-4H,5-6H2;1-5H. The molecule has 0 amide bonds. The monoisotopic (exact) mass is 255 g/mol. The Kier molecular flexibility index (Phi) is 3.24. The average molecular weight is 255 g/mol. The van der Waals surface area contributed by atoms with E-state index in [-0.39, 0.29) is 0 Å². The zero-order chi connectivity index (χ0) is 12.2. The number of hydrogen-bond donors (Lipinski definition) is 0. The van der Waals surface area contributed by atoms with Crippen LogP contribution in [0.3, 0.4) is 0 Å². The van der Waals surface area contributed by atoms with Gasteiger partial charge in [-0.25, -0.2) is 4.98 Å². The lowest BCUT2D eigenvalue weighted by molar-refractivity contribution is 0.357. The molecule has 18 heavy (non-hydrogen) atoms. The quantitative estimate of drug-likeness (QED) is 0.607. The third kappa shape index (κ3) is 2.36. The summed E-state index contributed by atoms with van der Waals surface area (Å²) in [4.78, 5) is 4.14. The van der Waals surface area contributed by atoms with Crippen LogP contribution in [0.5, 0.6) is 5.75 Å². The lowest BCUT2D eigenvalue weighted by Crippen LogP contribution is -1.85. The Morgan fingerprint density at radius 3 is 2.72 bits per heavy atom. The van der Waals surface area contributed by atoms with Crippen LogP contribution in [-0.4, -0.2) is 11.6 Å². The zero-order valence-electron chi connectivity index (χ0n) is 9.87. The Bertz CT molecular complexity index is 594. The van der Waals surface area contributed by atoms with Crippen LogP contribution in [0.4, 0.5) is 0 Å². The summed E-state index contributed by atoms with van der Waals surface area (Å²) in [6, 6.07) is 16.3. The third-order valence-corrected chi connectivity index (χ3v) is 3.65. The normalized spacial score (nSPS) is 12.4. The Morgan fingerprint density at radius 2 is 1.83 bits per heavy atom. The van der Waals surface area contributed by atoms with E-state index in [2.05, 4.69) is 17.1 Å². The predicted molar refractivity (Wildman–Crippen MR) is 75.3 cm³/mol. The van der Waals surface area contributed by atoms with Gasteiger partial charge in [0, 0.05) is 6.42 Å². The molecule has 2 nitrogen and oxygen atoms in total. The van der Waals surface area contributed by atoms with Crippen molar-refractivity contribution < 1.29 is 4.74 Å². The number of ether oxygens (including phenoxy) is 1. The molecule has 3 aromatic rings. The van der Waals surface area contributed by atoms with Crippen LogP contribution in [0.15, 0.2) is 54.0 Å². The van der Waals surface area contributed by atoms with Gasteiger partial charge in [-0.1, -0.05) is 30.3 Å². The number of para-hydroxylation sites is 2. The van der Waals surface area contributed by atoms with Crippen molar-refractivity contribution in [2.24, 2.45) is 0 Å². The van der Waals surface area contributed by atoms with Crippen molar-refractivity contribution in [2.75, 3.05) is 6.61 Å². The van der Waals surface area contributed by atoms with E-state index < -0.39 is 0 Å². The molecule has 2 heterocycles. The van der Waals surface area contributed by atoms with Gasteiger partial charge in [0.1, 0.15) is 5.75 Å². The molecule has 0 bridgehead atoms. The number of nitrogens with zero attached hydrogens (tertiary/aromatic N) is 1. The molecule has 0 unspecified atom stereocenters. The van der Waals surface area contributed by atoms with Crippen LogP contribution in [0, 0.1) is 0 Å². The van der Waals surface area contributed by atoms with Gasteiger partial charge in [-0.05, 0) is 23.8 Å². The lowest BCUT2D eigenvalue weighted by atomic mass is 10.2. The molecule has 0 radical (unpaired) electrons. The summed E-state index contributed by atoms with van der Waals surface area (Å²) < 4.78 is 6.56. The minimum Gasteiger partial charge on any atom is -0.493 e. The van der Waals surface area contributed by atoms with Crippen molar-refractivity contribution in [1.82, 2.24) is 4.98 Å². The molecular weight excluding hydrogens is 242 g/mol. The van der Waals surface area contributed by atoms with Crippen molar-refractivity contribution in [2.45, 2.75) is 6.42 Å². The number of thiazole rings is 1. The highest BCUT2D eigenvalue weighted by atomic mass is 32.1. The number of aromatic nitrogens is 1. The summed E-state index contributed by atoms with van der Waals surface area (Å²) in [5.41, 5.74) is 4.31. The van der Waals surface area contributed by atoms with E-state index in [0.29, 0.717) is 0 Å². The van der Waals surface area contributed by atoms with Crippen LogP contribution in [0.1, 0.15) is 5.56 Å².